The summed E-state index contributed by atoms with van der Waals surface area (Å²) in [6.45, 7) is 10.7. The lowest BCUT2D eigenvalue weighted by Crippen LogP contribution is -2.39. The van der Waals surface area contributed by atoms with Crippen LogP contribution in [0.4, 0.5) is 5.82 Å². The number of aromatic nitrogens is 3. The van der Waals surface area contributed by atoms with Gasteiger partial charge in [-0.25, -0.2) is 9.97 Å². The molecule has 0 amide bonds. The van der Waals surface area contributed by atoms with Crippen LogP contribution in [0.15, 0.2) is 6.33 Å². The topological polar surface area (TPSA) is 70.9 Å². The van der Waals surface area contributed by atoms with E-state index in [0.717, 1.165) is 64.9 Å². The van der Waals surface area contributed by atoms with Crippen LogP contribution in [0.2, 0.25) is 0 Å². The van der Waals surface area contributed by atoms with E-state index < -0.39 is 0 Å². The number of pyridine rings is 1. The Hall–Kier alpha value is -2.03. The zero-order valence-electron chi connectivity index (χ0n) is 16.5. The lowest BCUT2D eigenvalue weighted by Gasteiger charge is -2.36. The fraction of sp³-hybridized carbons (Fsp3) is 0.550. The van der Waals surface area contributed by atoms with Crippen molar-refractivity contribution < 1.29 is 19.2 Å². The van der Waals surface area contributed by atoms with Crippen molar-refractivity contribution in [2.45, 2.75) is 39.4 Å². The average molecular weight is 402 g/mol. The van der Waals surface area contributed by atoms with Gasteiger partial charge < -0.3 is 19.1 Å². The molecule has 0 spiro atoms. The number of thiophene rings is 1. The first-order chi connectivity index (χ1) is 13.6. The summed E-state index contributed by atoms with van der Waals surface area (Å²) in [6.07, 6.45) is 2.56. The molecular weight excluding hydrogens is 376 g/mol. The fourth-order valence-electron chi connectivity index (χ4n) is 4.09. The Morgan fingerprint density at radius 1 is 1.29 bits per heavy atom. The quantitative estimate of drug-likeness (QED) is 0.672. The molecule has 0 unspecified atom stereocenters. The number of aromatic amines is 1. The summed E-state index contributed by atoms with van der Waals surface area (Å²) in [5.41, 5.74) is 3.27. The summed E-state index contributed by atoms with van der Waals surface area (Å²) in [5.74, 6) is 1.80. The summed E-state index contributed by atoms with van der Waals surface area (Å²) in [5, 5.41) is 1.15. The first-order valence-corrected chi connectivity index (χ1v) is 10.6. The Bertz CT molecular complexity index is 1040. The minimum atomic E-state index is -0.207. The van der Waals surface area contributed by atoms with Crippen LogP contribution < -0.4 is 14.6 Å². The molecule has 0 aromatic carbocycles. The number of hydrogen-bond donors (Lipinski definition) is 0. The zero-order valence-corrected chi connectivity index (χ0v) is 17.3. The first-order valence-electron chi connectivity index (χ1n) is 9.81. The monoisotopic (exact) mass is 401 g/mol. The standard InChI is InChI=1S/C20H24N4O3S/c1-4-26-18-16-15(21-11-22-18)14-12-9-20(2,3)27-10-13(12)17(23-19(14)28-16)24-5-7-25-8-6-24/h11H,4-10H2,1-3H3/p+1. The summed E-state index contributed by atoms with van der Waals surface area (Å²) in [4.78, 5) is 16.3. The number of rotatable bonds is 3. The Labute approximate surface area is 167 Å². The van der Waals surface area contributed by atoms with Gasteiger partial charge in [0.05, 0.1) is 37.4 Å². The van der Waals surface area contributed by atoms with E-state index in [4.69, 9.17) is 19.2 Å². The van der Waals surface area contributed by atoms with Crippen molar-refractivity contribution in [3.8, 4) is 5.88 Å². The smallest absolute Gasteiger partial charge is 0.304 e. The maximum atomic E-state index is 6.18. The zero-order chi connectivity index (χ0) is 19.3. The highest BCUT2D eigenvalue weighted by Crippen LogP contribution is 2.44. The molecule has 5 heterocycles. The highest BCUT2D eigenvalue weighted by atomic mass is 32.1. The summed E-state index contributed by atoms with van der Waals surface area (Å²) in [7, 11) is 0. The van der Waals surface area contributed by atoms with Crippen LogP contribution in [0, 0.1) is 0 Å². The van der Waals surface area contributed by atoms with Gasteiger partial charge in [-0.05, 0) is 31.3 Å². The molecule has 0 aliphatic carbocycles. The van der Waals surface area contributed by atoms with Gasteiger partial charge in [0.25, 0.3) is 6.33 Å². The molecule has 0 bridgehead atoms. The number of hydrogen-bond acceptors (Lipinski definition) is 7. The van der Waals surface area contributed by atoms with Crippen LogP contribution in [0.25, 0.3) is 20.4 Å². The lowest BCUT2D eigenvalue weighted by atomic mass is 9.90. The highest BCUT2D eigenvalue weighted by Gasteiger charge is 2.34. The van der Waals surface area contributed by atoms with Gasteiger partial charge in [-0.2, -0.15) is 0 Å². The highest BCUT2D eigenvalue weighted by molar-refractivity contribution is 7.25. The first kappa shape index (κ1) is 18.0. The van der Waals surface area contributed by atoms with Crippen molar-refractivity contribution >= 4 is 37.6 Å². The summed E-state index contributed by atoms with van der Waals surface area (Å²) in [6, 6.07) is 0. The van der Waals surface area contributed by atoms with Crippen LogP contribution in [-0.2, 0) is 22.5 Å². The Balaban J connectivity index is 1.79. The van der Waals surface area contributed by atoms with Gasteiger partial charge in [0.15, 0.2) is 4.70 Å². The molecule has 0 radical (unpaired) electrons. The number of H-pyrrole nitrogens is 1. The molecule has 3 aromatic rings. The molecule has 148 valence electrons. The number of ether oxygens (including phenoxy) is 3. The maximum absolute atomic E-state index is 6.18. The van der Waals surface area contributed by atoms with Crippen molar-refractivity contribution in [1.82, 2.24) is 9.97 Å². The number of morpholine rings is 1. The Kier molecular flexibility index (Phi) is 4.37. The van der Waals surface area contributed by atoms with Crippen LogP contribution in [0.1, 0.15) is 31.9 Å². The molecule has 2 aliphatic heterocycles. The maximum Gasteiger partial charge on any atom is 0.304 e. The molecule has 7 nitrogen and oxygen atoms in total. The lowest BCUT2D eigenvalue weighted by molar-refractivity contribution is -0.396. The molecule has 3 aromatic heterocycles. The summed E-state index contributed by atoms with van der Waals surface area (Å²) >= 11 is 1.65. The normalized spacial score (nSPS) is 19.2. The van der Waals surface area contributed by atoms with Gasteiger partial charge in [-0.3, -0.25) is 0 Å². The number of fused-ring (bicyclic) bond motifs is 5. The van der Waals surface area contributed by atoms with E-state index >= 15 is 0 Å². The van der Waals surface area contributed by atoms with E-state index in [1.165, 1.54) is 11.1 Å². The van der Waals surface area contributed by atoms with Crippen molar-refractivity contribution in [2.24, 2.45) is 0 Å². The second-order valence-corrected chi connectivity index (χ2v) is 8.84. The predicted molar refractivity (Wildman–Crippen MR) is 108 cm³/mol. The van der Waals surface area contributed by atoms with Gasteiger partial charge in [-0.1, -0.05) is 0 Å². The second-order valence-electron chi connectivity index (χ2n) is 7.84. The third-order valence-corrected chi connectivity index (χ3v) is 6.48. The van der Waals surface area contributed by atoms with E-state index in [0.29, 0.717) is 13.2 Å². The molecule has 2 aliphatic rings. The number of nitrogens with one attached hydrogen (secondary N) is 1. The number of nitrogens with zero attached hydrogens (tertiary/aromatic N) is 3. The van der Waals surface area contributed by atoms with Crippen molar-refractivity contribution in [1.29, 1.82) is 0 Å². The molecule has 1 saturated heterocycles. The largest absolute Gasteiger partial charge is 0.461 e. The molecule has 1 N–H and O–H groups in total. The van der Waals surface area contributed by atoms with E-state index in [9.17, 15) is 0 Å². The van der Waals surface area contributed by atoms with Gasteiger partial charge in [0, 0.05) is 25.1 Å². The van der Waals surface area contributed by atoms with E-state index in [-0.39, 0.29) is 5.60 Å². The minimum absolute atomic E-state index is 0.207. The third-order valence-electron chi connectivity index (χ3n) is 5.41. The second kappa shape index (κ2) is 6.79. The third kappa shape index (κ3) is 2.91. The van der Waals surface area contributed by atoms with E-state index in [2.05, 4.69) is 28.7 Å². The van der Waals surface area contributed by atoms with Gasteiger partial charge in [0.2, 0.25) is 5.52 Å². The predicted octanol–water partition coefficient (Wildman–Crippen LogP) is 2.75. The van der Waals surface area contributed by atoms with Crippen LogP contribution in [-0.4, -0.2) is 48.5 Å². The van der Waals surface area contributed by atoms with Gasteiger partial charge >= 0.3 is 5.88 Å². The molecule has 0 saturated carbocycles. The van der Waals surface area contributed by atoms with E-state index in [1.807, 2.05) is 6.92 Å². The van der Waals surface area contributed by atoms with Crippen molar-refractivity contribution in [3.63, 3.8) is 0 Å². The molecule has 0 atom stereocenters. The van der Waals surface area contributed by atoms with Crippen molar-refractivity contribution in [2.75, 3.05) is 37.8 Å². The molecule has 8 heteroatoms. The Morgan fingerprint density at radius 3 is 2.89 bits per heavy atom. The molecular formula is C20H25N4O3S+. The fourth-order valence-corrected chi connectivity index (χ4v) is 5.20. The average Bonchev–Trinajstić information content (AvgIpc) is 3.07. The van der Waals surface area contributed by atoms with Gasteiger partial charge in [-0.15, -0.1) is 11.3 Å². The van der Waals surface area contributed by atoms with Crippen molar-refractivity contribution in [3.05, 3.63) is 17.5 Å². The van der Waals surface area contributed by atoms with Crippen LogP contribution in [0.3, 0.4) is 0 Å². The number of anilines is 1. The van der Waals surface area contributed by atoms with E-state index in [1.54, 1.807) is 17.7 Å². The molecule has 1 fully saturated rings. The molecule has 28 heavy (non-hydrogen) atoms. The Morgan fingerprint density at radius 2 is 2.11 bits per heavy atom. The van der Waals surface area contributed by atoms with Crippen LogP contribution in [0.5, 0.6) is 5.88 Å². The summed E-state index contributed by atoms with van der Waals surface area (Å²) < 4.78 is 18.6. The van der Waals surface area contributed by atoms with Gasteiger partial charge in [0.1, 0.15) is 10.6 Å². The van der Waals surface area contributed by atoms with Crippen LogP contribution >= 0.6 is 11.3 Å². The SMILES string of the molecule is CCOc1[nH+]cnc2c1sc1nc(N3CCOCC3)c3c(c12)CC(C)(C)OC3. The minimum Gasteiger partial charge on any atom is -0.461 e. The molecule has 5 rings (SSSR count).